The van der Waals surface area contributed by atoms with E-state index in [0.29, 0.717) is 11.1 Å². The minimum atomic E-state index is -3.33. The van der Waals surface area contributed by atoms with Crippen LogP contribution in [0.15, 0.2) is 18.2 Å². The van der Waals surface area contributed by atoms with E-state index in [1.165, 1.54) is 6.07 Å². The SMILES string of the molecule is Cc1ccc(C#CS(C)(=O)=O)cc1F. The molecular weight excluding hydrogens is 203 g/mol. The van der Waals surface area contributed by atoms with Crippen molar-refractivity contribution in [3.05, 3.63) is 35.1 Å². The van der Waals surface area contributed by atoms with Crippen molar-refractivity contribution in [2.75, 3.05) is 6.26 Å². The summed E-state index contributed by atoms with van der Waals surface area (Å²) in [5, 5.41) is 2.04. The summed E-state index contributed by atoms with van der Waals surface area (Å²) in [4.78, 5) is 0. The fourth-order valence-corrected chi connectivity index (χ4v) is 1.13. The van der Waals surface area contributed by atoms with E-state index in [9.17, 15) is 12.8 Å². The molecule has 0 radical (unpaired) electrons. The number of aryl methyl sites for hydroxylation is 1. The largest absolute Gasteiger partial charge is 0.216 e. The van der Waals surface area contributed by atoms with Crippen LogP contribution < -0.4 is 0 Å². The monoisotopic (exact) mass is 212 g/mol. The maximum absolute atomic E-state index is 13.0. The Morgan fingerprint density at radius 2 is 2.00 bits per heavy atom. The minimum Gasteiger partial charge on any atom is -0.216 e. The Hall–Kier alpha value is -1.34. The lowest BCUT2D eigenvalue weighted by Crippen LogP contribution is -1.89. The van der Waals surface area contributed by atoms with Gasteiger partial charge in [-0.3, -0.25) is 0 Å². The number of benzene rings is 1. The van der Waals surface area contributed by atoms with Crippen molar-refractivity contribution in [3.63, 3.8) is 0 Å². The van der Waals surface area contributed by atoms with Crippen molar-refractivity contribution in [3.8, 4) is 11.2 Å². The molecule has 0 fully saturated rings. The summed E-state index contributed by atoms with van der Waals surface area (Å²) >= 11 is 0. The smallest absolute Gasteiger partial charge is 0.214 e. The Bertz CT molecular complexity index is 507. The molecule has 1 aromatic rings. The van der Waals surface area contributed by atoms with Crippen LogP contribution in [0.1, 0.15) is 11.1 Å². The Labute approximate surface area is 82.7 Å². The number of hydrogen-bond donors (Lipinski definition) is 0. The zero-order chi connectivity index (χ0) is 10.8. The van der Waals surface area contributed by atoms with Crippen LogP contribution in [0.4, 0.5) is 4.39 Å². The van der Waals surface area contributed by atoms with Gasteiger partial charge in [-0.2, -0.15) is 0 Å². The van der Waals surface area contributed by atoms with Crippen molar-refractivity contribution >= 4 is 9.84 Å². The zero-order valence-electron chi connectivity index (χ0n) is 7.83. The lowest BCUT2D eigenvalue weighted by Gasteiger charge is -1.95. The first kappa shape index (κ1) is 10.7. The first-order valence-corrected chi connectivity index (χ1v) is 5.76. The molecule has 2 nitrogen and oxygen atoms in total. The van der Waals surface area contributed by atoms with Crippen LogP contribution in [-0.4, -0.2) is 14.7 Å². The molecule has 0 N–H and O–H groups in total. The molecule has 0 atom stereocenters. The van der Waals surface area contributed by atoms with Crippen LogP contribution in [0.25, 0.3) is 0 Å². The van der Waals surface area contributed by atoms with E-state index in [-0.39, 0.29) is 5.82 Å². The number of halogens is 1. The molecule has 0 saturated heterocycles. The highest BCUT2D eigenvalue weighted by Gasteiger charge is 1.97. The predicted molar refractivity (Wildman–Crippen MR) is 52.9 cm³/mol. The molecule has 0 spiro atoms. The van der Waals surface area contributed by atoms with Gasteiger partial charge in [-0.15, -0.1) is 0 Å². The summed E-state index contributed by atoms with van der Waals surface area (Å²) in [6, 6.07) is 4.35. The Balaban J connectivity index is 3.10. The maximum Gasteiger partial charge on any atom is 0.214 e. The summed E-state index contributed by atoms with van der Waals surface area (Å²) < 4.78 is 34.4. The summed E-state index contributed by atoms with van der Waals surface area (Å²) in [5.74, 6) is 1.99. The second-order valence-corrected chi connectivity index (χ2v) is 4.71. The van der Waals surface area contributed by atoms with Crippen LogP contribution in [0, 0.1) is 23.9 Å². The molecular formula is C10H9FO2S. The highest BCUT2D eigenvalue weighted by molar-refractivity contribution is 7.95. The van der Waals surface area contributed by atoms with Gasteiger partial charge in [0.15, 0.2) is 0 Å². The summed E-state index contributed by atoms with van der Waals surface area (Å²) in [6.45, 7) is 1.63. The van der Waals surface area contributed by atoms with Crippen molar-refractivity contribution < 1.29 is 12.8 Å². The molecule has 1 aromatic carbocycles. The number of rotatable bonds is 0. The number of hydrogen-bond acceptors (Lipinski definition) is 2. The first-order chi connectivity index (χ1) is 6.38. The van der Waals surface area contributed by atoms with Gasteiger partial charge in [0.1, 0.15) is 5.82 Å². The third-order valence-electron chi connectivity index (χ3n) is 1.55. The third kappa shape index (κ3) is 3.19. The van der Waals surface area contributed by atoms with E-state index in [1.54, 1.807) is 19.1 Å². The van der Waals surface area contributed by atoms with Gasteiger partial charge in [-0.05, 0) is 30.5 Å². The van der Waals surface area contributed by atoms with Crippen LogP contribution >= 0.6 is 0 Å². The van der Waals surface area contributed by atoms with Crippen LogP contribution in [0.5, 0.6) is 0 Å². The van der Waals surface area contributed by atoms with E-state index in [1.807, 2.05) is 5.25 Å². The van der Waals surface area contributed by atoms with Crippen LogP contribution in [0.3, 0.4) is 0 Å². The molecule has 0 bridgehead atoms. The van der Waals surface area contributed by atoms with Gasteiger partial charge >= 0.3 is 0 Å². The molecule has 0 aliphatic rings. The lowest BCUT2D eigenvalue weighted by molar-refractivity contribution is 0.611. The molecule has 0 aliphatic carbocycles. The van der Waals surface area contributed by atoms with E-state index in [4.69, 9.17) is 0 Å². The molecule has 0 heterocycles. The molecule has 0 aliphatic heterocycles. The van der Waals surface area contributed by atoms with Gasteiger partial charge in [0.2, 0.25) is 9.84 Å². The van der Waals surface area contributed by atoms with Crippen LogP contribution in [0.2, 0.25) is 0 Å². The highest BCUT2D eigenvalue weighted by atomic mass is 32.2. The Morgan fingerprint density at radius 3 is 2.50 bits per heavy atom. The Morgan fingerprint density at radius 1 is 1.36 bits per heavy atom. The van der Waals surface area contributed by atoms with Gasteiger partial charge in [0.25, 0.3) is 0 Å². The molecule has 14 heavy (non-hydrogen) atoms. The van der Waals surface area contributed by atoms with E-state index >= 15 is 0 Å². The number of sulfone groups is 1. The van der Waals surface area contributed by atoms with Crippen molar-refractivity contribution in [2.45, 2.75) is 6.92 Å². The topological polar surface area (TPSA) is 34.1 Å². The quantitative estimate of drug-likeness (QED) is 0.610. The molecule has 0 saturated carbocycles. The normalized spacial score (nSPS) is 10.5. The van der Waals surface area contributed by atoms with Gasteiger partial charge in [-0.1, -0.05) is 6.07 Å². The summed E-state index contributed by atoms with van der Waals surface area (Å²) in [7, 11) is -3.33. The second kappa shape index (κ2) is 3.81. The average molecular weight is 212 g/mol. The standard InChI is InChI=1S/C10H9FO2S/c1-8-3-4-9(7-10(8)11)5-6-14(2,12)13/h3-4,7H,1-2H3. The predicted octanol–water partition coefficient (Wildman–Crippen LogP) is 1.49. The summed E-state index contributed by atoms with van der Waals surface area (Å²) in [6.07, 6.45) is 1.00. The van der Waals surface area contributed by atoms with Crippen LogP contribution in [-0.2, 0) is 9.84 Å². The molecule has 74 valence electrons. The van der Waals surface area contributed by atoms with Gasteiger partial charge < -0.3 is 0 Å². The van der Waals surface area contributed by atoms with E-state index in [2.05, 4.69) is 5.92 Å². The maximum atomic E-state index is 13.0. The van der Waals surface area contributed by atoms with Gasteiger partial charge in [0.05, 0.1) is 6.26 Å². The third-order valence-corrected chi connectivity index (χ3v) is 2.03. The van der Waals surface area contributed by atoms with E-state index < -0.39 is 9.84 Å². The fourth-order valence-electron chi connectivity index (χ4n) is 0.822. The Kier molecular flexibility index (Phi) is 2.92. The second-order valence-electron chi connectivity index (χ2n) is 2.96. The molecule has 0 amide bonds. The van der Waals surface area contributed by atoms with Gasteiger partial charge in [-0.25, -0.2) is 12.8 Å². The minimum absolute atomic E-state index is 0.360. The highest BCUT2D eigenvalue weighted by Crippen LogP contribution is 2.07. The molecule has 0 unspecified atom stereocenters. The summed E-state index contributed by atoms with van der Waals surface area (Å²) in [5.41, 5.74) is 0.869. The van der Waals surface area contributed by atoms with Crippen molar-refractivity contribution in [1.82, 2.24) is 0 Å². The lowest BCUT2D eigenvalue weighted by atomic mass is 10.1. The zero-order valence-corrected chi connectivity index (χ0v) is 8.65. The van der Waals surface area contributed by atoms with E-state index in [0.717, 1.165) is 6.26 Å². The molecule has 1 rings (SSSR count). The average Bonchev–Trinajstić information content (AvgIpc) is 2.06. The van der Waals surface area contributed by atoms with Crippen molar-refractivity contribution in [2.24, 2.45) is 0 Å². The molecule has 4 heteroatoms. The fraction of sp³-hybridized carbons (Fsp3) is 0.200. The molecule has 0 aromatic heterocycles. The van der Waals surface area contributed by atoms with Gasteiger partial charge in [0, 0.05) is 10.8 Å². The first-order valence-electron chi connectivity index (χ1n) is 3.87. The van der Waals surface area contributed by atoms with Crippen molar-refractivity contribution in [1.29, 1.82) is 0 Å².